The minimum absolute atomic E-state index is 0.0798. The highest BCUT2D eigenvalue weighted by Crippen LogP contribution is 2.29. The molecule has 1 N–H and O–H groups in total. The zero-order valence-corrected chi connectivity index (χ0v) is 15.6. The van der Waals surface area contributed by atoms with Gasteiger partial charge in [-0.15, -0.1) is 0 Å². The zero-order valence-electron chi connectivity index (χ0n) is 15.6. The molecule has 1 fully saturated rings. The third-order valence-corrected chi connectivity index (χ3v) is 5.58. The van der Waals surface area contributed by atoms with Crippen LogP contribution >= 0.6 is 0 Å². The number of rotatable bonds is 5. The van der Waals surface area contributed by atoms with E-state index in [-0.39, 0.29) is 23.1 Å². The number of carbonyl (C=O) groups excluding carboxylic acids is 4. The van der Waals surface area contributed by atoms with Crippen LogP contribution < -0.4 is 5.32 Å². The van der Waals surface area contributed by atoms with Crippen molar-refractivity contribution in [3.63, 3.8) is 0 Å². The van der Waals surface area contributed by atoms with Gasteiger partial charge >= 0.3 is 5.97 Å². The van der Waals surface area contributed by atoms with Crippen LogP contribution in [0.3, 0.4) is 0 Å². The number of hydrogen-bond acceptors (Lipinski definition) is 5. The van der Waals surface area contributed by atoms with Gasteiger partial charge in [-0.3, -0.25) is 24.1 Å². The Morgan fingerprint density at radius 2 is 1.74 bits per heavy atom. The summed E-state index contributed by atoms with van der Waals surface area (Å²) in [6.07, 6.45) is 3.14. The summed E-state index contributed by atoms with van der Waals surface area (Å²) in [6.45, 7) is 3.37. The van der Waals surface area contributed by atoms with E-state index >= 15 is 0 Å². The van der Waals surface area contributed by atoms with Gasteiger partial charge in [-0.05, 0) is 30.4 Å². The van der Waals surface area contributed by atoms with E-state index in [4.69, 9.17) is 4.74 Å². The molecular weight excluding hydrogens is 348 g/mol. The second-order valence-electron chi connectivity index (χ2n) is 7.34. The van der Waals surface area contributed by atoms with Gasteiger partial charge in [0.15, 0.2) is 6.61 Å². The van der Waals surface area contributed by atoms with Crippen molar-refractivity contribution in [2.24, 2.45) is 11.8 Å². The van der Waals surface area contributed by atoms with Gasteiger partial charge in [0.05, 0.1) is 11.1 Å². The maximum absolute atomic E-state index is 12.2. The second-order valence-corrected chi connectivity index (χ2v) is 7.34. The largest absolute Gasteiger partial charge is 0.454 e. The van der Waals surface area contributed by atoms with Crippen LogP contribution in [0.15, 0.2) is 24.3 Å². The molecule has 1 heterocycles. The van der Waals surface area contributed by atoms with Gasteiger partial charge < -0.3 is 10.1 Å². The SMILES string of the molecule is C[C@@H]1[C@H](C)CCC[C@@H]1NC(=O)COC(=O)CN1C(=O)c2ccccc2C1=O. The molecule has 1 aromatic carbocycles. The Bertz CT molecular complexity index is 740. The highest BCUT2D eigenvalue weighted by atomic mass is 16.5. The van der Waals surface area contributed by atoms with Gasteiger partial charge in [0, 0.05) is 6.04 Å². The van der Waals surface area contributed by atoms with E-state index < -0.39 is 30.9 Å². The molecule has 1 aliphatic carbocycles. The number of nitrogens with one attached hydrogen (secondary N) is 1. The number of carbonyl (C=O) groups is 4. The average molecular weight is 372 g/mol. The second kappa shape index (κ2) is 7.90. The first-order valence-corrected chi connectivity index (χ1v) is 9.28. The monoisotopic (exact) mass is 372 g/mol. The Hall–Kier alpha value is -2.70. The van der Waals surface area contributed by atoms with Crippen molar-refractivity contribution in [2.75, 3.05) is 13.2 Å². The standard InChI is InChI=1S/C20H24N2O5/c1-12-6-5-9-16(13(12)2)21-17(23)11-27-18(24)10-22-19(25)14-7-3-4-8-15(14)20(22)26/h3-4,7-8,12-13,16H,5-6,9-11H2,1-2H3,(H,21,23)/t12-,13-,16+/m1/s1. The third kappa shape index (κ3) is 4.02. The summed E-state index contributed by atoms with van der Waals surface area (Å²) in [5.74, 6) is -1.29. The van der Waals surface area contributed by atoms with Crippen LogP contribution in [0.2, 0.25) is 0 Å². The number of amides is 3. The van der Waals surface area contributed by atoms with E-state index in [0.29, 0.717) is 11.8 Å². The molecule has 1 aliphatic heterocycles. The number of hydrogen-bond donors (Lipinski definition) is 1. The molecule has 7 nitrogen and oxygen atoms in total. The molecule has 7 heteroatoms. The van der Waals surface area contributed by atoms with E-state index in [1.165, 1.54) is 0 Å². The molecule has 0 bridgehead atoms. The zero-order chi connectivity index (χ0) is 19.6. The van der Waals surface area contributed by atoms with Crippen LogP contribution in [0.4, 0.5) is 0 Å². The highest BCUT2D eigenvalue weighted by molar-refractivity contribution is 6.22. The van der Waals surface area contributed by atoms with Crippen molar-refractivity contribution in [1.29, 1.82) is 0 Å². The lowest BCUT2D eigenvalue weighted by Crippen LogP contribution is -2.45. The van der Waals surface area contributed by atoms with Gasteiger partial charge in [0.2, 0.25) is 0 Å². The van der Waals surface area contributed by atoms with Crippen molar-refractivity contribution >= 4 is 23.7 Å². The van der Waals surface area contributed by atoms with Gasteiger partial charge in [0.25, 0.3) is 17.7 Å². The van der Waals surface area contributed by atoms with Crippen molar-refractivity contribution < 1.29 is 23.9 Å². The first-order valence-electron chi connectivity index (χ1n) is 9.28. The lowest BCUT2D eigenvalue weighted by molar-refractivity contribution is -0.149. The predicted molar refractivity (Wildman–Crippen MR) is 96.9 cm³/mol. The fourth-order valence-electron chi connectivity index (χ4n) is 3.74. The predicted octanol–water partition coefficient (Wildman–Crippen LogP) is 1.77. The molecule has 2 aliphatic rings. The minimum atomic E-state index is -0.787. The van der Waals surface area contributed by atoms with E-state index in [0.717, 1.165) is 24.2 Å². The molecule has 1 saturated carbocycles. The number of benzene rings is 1. The molecule has 0 unspecified atom stereocenters. The molecular formula is C20H24N2O5. The Morgan fingerprint density at radius 3 is 2.37 bits per heavy atom. The van der Waals surface area contributed by atoms with Crippen LogP contribution in [0.25, 0.3) is 0 Å². The van der Waals surface area contributed by atoms with Crippen LogP contribution in [-0.4, -0.2) is 47.8 Å². The minimum Gasteiger partial charge on any atom is -0.454 e. The van der Waals surface area contributed by atoms with Crippen LogP contribution in [0.1, 0.15) is 53.8 Å². The number of ether oxygens (including phenoxy) is 1. The van der Waals surface area contributed by atoms with E-state index in [1.54, 1.807) is 24.3 Å². The number of nitrogens with zero attached hydrogens (tertiary/aromatic N) is 1. The number of imide groups is 1. The summed E-state index contributed by atoms with van der Waals surface area (Å²) in [7, 11) is 0. The molecule has 3 atom stereocenters. The highest BCUT2D eigenvalue weighted by Gasteiger charge is 2.36. The number of esters is 1. The fraction of sp³-hybridized carbons (Fsp3) is 0.500. The Morgan fingerprint density at radius 1 is 1.11 bits per heavy atom. The maximum atomic E-state index is 12.2. The molecule has 0 saturated heterocycles. The molecule has 0 radical (unpaired) electrons. The summed E-state index contributed by atoms with van der Waals surface area (Å²) >= 11 is 0. The molecule has 27 heavy (non-hydrogen) atoms. The smallest absolute Gasteiger partial charge is 0.326 e. The van der Waals surface area contributed by atoms with Crippen molar-refractivity contribution in [1.82, 2.24) is 10.2 Å². The maximum Gasteiger partial charge on any atom is 0.326 e. The van der Waals surface area contributed by atoms with Gasteiger partial charge in [-0.2, -0.15) is 0 Å². The lowest BCUT2D eigenvalue weighted by Gasteiger charge is -2.34. The first kappa shape index (κ1) is 19.1. The van der Waals surface area contributed by atoms with Gasteiger partial charge in [-0.25, -0.2) is 0 Å². The molecule has 0 aromatic heterocycles. The summed E-state index contributed by atoms with van der Waals surface area (Å²) in [5.41, 5.74) is 0.543. The molecule has 3 rings (SSSR count). The van der Waals surface area contributed by atoms with Gasteiger partial charge in [-0.1, -0.05) is 38.8 Å². The number of fused-ring (bicyclic) bond motifs is 1. The Labute approximate surface area is 158 Å². The van der Waals surface area contributed by atoms with Crippen molar-refractivity contribution in [2.45, 2.75) is 39.2 Å². The van der Waals surface area contributed by atoms with Crippen molar-refractivity contribution in [3.05, 3.63) is 35.4 Å². The van der Waals surface area contributed by atoms with Crippen LogP contribution in [0, 0.1) is 11.8 Å². The quantitative estimate of drug-likeness (QED) is 0.628. The van der Waals surface area contributed by atoms with E-state index in [2.05, 4.69) is 19.2 Å². The normalized spacial score (nSPS) is 24.5. The molecule has 144 valence electrons. The summed E-state index contributed by atoms with van der Waals surface area (Å²) < 4.78 is 4.97. The first-order chi connectivity index (χ1) is 12.9. The van der Waals surface area contributed by atoms with Crippen molar-refractivity contribution in [3.8, 4) is 0 Å². The third-order valence-electron chi connectivity index (χ3n) is 5.58. The molecule has 3 amide bonds. The molecule has 1 aromatic rings. The van der Waals surface area contributed by atoms with E-state index in [9.17, 15) is 19.2 Å². The van der Waals surface area contributed by atoms with Crippen LogP contribution in [-0.2, 0) is 14.3 Å². The van der Waals surface area contributed by atoms with Crippen LogP contribution in [0.5, 0.6) is 0 Å². The Balaban J connectivity index is 1.48. The fourth-order valence-corrected chi connectivity index (χ4v) is 3.74. The lowest BCUT2D eigenvalue weighted by atomic mass is 9.78. The Kier molecular flexibility index (Phi) is 5.58. The summed E-state index contributed by atoms with van der Waals surface area (Å²) in [6, 6.07) is 6.48. The summed E-state index contributed by atoms with van der Waals surface area (Å²) in [4.78, 5) is 49.4. The average Bonchev–Trinajstić information content (AvgIpc) is 2.89. The molecule has 0 spiro atoms. The summed E-state index contributed by atoms with van der Waals surface area (Å²) in [5, 5.41) is 2.92. The van der Waals surface area contributed by atoms with E-state index in [1.807, 2.05) is 0 Å². The topological polar surface area (TPSA) is 92.8 Å². The van der Waals surface area contributed by atoms with Gasteiger partial charge in [0.1, 0.15) is 6.54 Å².